The van der Waals surface area contributed by atoms with E-state index < -0.39 is 0 Å². The minimum Gasteiger partial charge on any atom is -0.394 e. The number of rotatable bonds is 5. The molecule has 2 heterocycles. The molecule has 1 unspecified atom stereocenters. The number of aromatic nitrogens is 2. The van der Waals surface area contributed by atoms with E-state index in [4.69, 9.17) is 16.9 Å². The van der Waals surface area contributed by atoms with Crippen LogP contribution in [-0.4, -0.2) is 27.7 Å². The van der Waals surface area contributed by atoms with Gasteiger partial charge >= 0.3 is 0 Å². The molecule has 0 saturated carbocycles. The van der Waals surface area contributed by atoms with E-state index in [9.17, 15) is 5.11 Å². The van der Waals surface area contributed by atoms with Crippen LogP contribution in [0.1, 0.15) is 11.1 Å². The van der Waals surface area contributed by atoms with Gasteiger partial charge < -0.3 is 15.4 Å². The van der Waals surface area contributed by atoms with E-state index in [1.165, 1.54) is 6.20 Å². The van der Waals surface area contributed by atoms with Gasteiger partial charge in [-0.25, -0.2) is 4.98 Å². The molecule has 0 bridgehead atoms. The summed E-state index contributed by atoms with van der Waals surface area (Å²) < 4.78 is 0. The first-order valence-corrected chi connectivity index (χ1v) is 7.57. The van der Waals surface area contributed by atoms with Gasteiger partial charge in [-0.05, 0) is 24.1 Å². The van der Waals surface area contributed by atoms with Crippen LogP contribution in [-0.2, 0) is 6.42 Å². The first-order valence-electron chi connectivity index (χ1n) is 7.19. The molecule has 1 atom stereocenters. The zero-order valence-corrected chi connectivity index (χ0v) is 13.0. The second-order valence-corrected chi connectivity index (χ2v) is 5.66. The standard InChI is InChI=1S/C17H15ClN4O/c18-15-5-11(7-19)8-21-17(15)22-13(10-23)6-12-9-20-16-4-2-1-3-14(12)16/h1-5,8-9,13,20,23H,6,10H2,(H,21,22). The van der Waals surface area contributed by atoms with Crippen molar-refractivity contribution in [3.63, 3.8) is 0 Å². The van der Waals surface area contributed by atoms with Crippen LogP contribution in [0, 0.1) is 11.3 Å². The molecule has 0 amide bonds. The van der Waals surface area contributed by atoms with Crippen LogP contribution in [0.25, 0.3) is 10.9 Å². The van der Waals surface area contributed by atoms with Crippen LogP contribution in [0.5, 0.6) is 0 Å². The Labute approximate surface area is 138 Å². The Balaban J connectivity index is 1.79. The second-order valence-electron chi connectivity index (χ2n) is 5.25. The fourth-order valence-electron chi connectivity index (χ4n) is 2.53. The largest absolute Gasteiger partial charge is 0.394 e. The highest BCUT2D eigenvalue weighted by Crippen LogP contribution is 2.23. The van der Waals surface area contributed by atoms with Gasteiger partial charge in [0.05, 0.1) is 23.2 Å². The Kier molecular flexibility index (Phi) is 4.47. The molecule has 116 valence electrons. The second kappa shape index (κ2) is 6.69. The van der Waals surface area contributed by atoms with Crippen LogP contribution < -0.4 is 5.32 Å². The third-order valence-corrected chi connectivity index (χ3v) is 3.96. The van der Waals surface area contributed by atoms with Crippen LogP contribution in [0.3, 0.4) is 0 Å². The quantitative estimate of drug-likeness (QED) is 0.672. The summed E-state index contributed by atoms with van der Waals surface area (Å²) in [6.07, 6.45) is 4.02. The zero-order chi connectivity index (χ0) is 16.2. The molecule has 0 saturated heterocycles. The van der Waals surface area contributed by atoms with Crippen LogP contribution in [0.4, 0.5) is 5.82 Å². The molecule has 6 heteroatoms. The minimum atomic E-state index is -0.229. The van der Waals surface area contributed by atoms with Crippen molar-refractivity contribution < 1.29 is 5.11 Å². The van der Waals surface area contributed by atoms with Crippen LogP contribution in [0.15, 0.2) is 42.7 Å². The molecule has 1 aromatic carbocycles. The Hall–Kier alpha value is -2.55. The lowest BCUT2D eigenvalue weighted by Gasteiger charge is -2.17. The molecule has 3 rings (SSSR count). The molecule has 3 aromatic rings. The van der Waals surface area contributed by atoms with E-state index in [1.54, 1.807) is 6.07 Å². The molecule has 0 fully saturated rings. The molecule has 0 aliphatic carbocycles. The topological polar surface area (TPSA) is 84.7 Å². The summed E-state index contributed by atoms with van der Waals surface area (Å²) in [4.78, 5) is 7.36. The van der Waals surface area contributed by atoms with Gasteiger partial charge in [-0.3, -0.25) is 0 Å². The summed E-state index contributed by atoms with van der Waals surface area (Å²) >= 11 is 6.12. The third-order valence-electron chi connectivity index (χ3n) is 3.67. The van der Waals surface area contributed by atoms with E-state index in [0.29, 0.717) is 22.8 Å². The fraction of sp³-hybridized carbons (Fsp3) is 0.176. The van der Waals surface area contributed by atoms with Gasteiger partial charge in [-0.2, -0.15) is 5.26 Å². The Morgan fingerprint density at radius 1 is 1.39 bits per heavy atom. The number of aliphatic hydroxyl groups excluding tert-OH is 1. The van der Waals surface area contributed by atoms with E-state index >= 15 is 0 Å². The smallest absolute Gasteiger partial charge is 0.145 e. The highest BCUT2D eigenvalue weighted by molar-refractivity contribution is 6.33. The van der Waals surface area contributed by atoms with Crippen molar-refractivity contribution in [2.24, 2.45) is 0 Å². The summed E-state index contributed by atoms with van der Waals surface area (Å²) in [7, 11) is 0. The highest BCUT2D eigenvalue weighted by atomic mass is 35.5. The van der Waals surface area contributed by atoms with Crippen molar-refractivity contribution in [3.8, 4) is 6.07 Å². The number of benzene rings is 1. The lowest BCUT2D eigenvalue weighted by molar-refractivity contribution is 0.273. The number of nitriles is 1. The van der Waals surface area contributed by atoms with Gasteiger partial charge in [0.25, 0.3) is 0 Å². The summed E-state index contributed by atoms with van der Waals surface area (Å²) in [6, 6.07) is 11.3. The van der Waals surface area contributed by atoms with Gasteiger partial charge in [-0.15, -0.1) is 0 Å². The normalized spacial score (nSPS) is 12.0. The van der Waals surface area contributed by atoms with Crippen molar-refractivity contribution in [2.75, 3.05) is 11.9 Å². The number of aromatic amines is 1. The third kappa shape index (κ3) is 3.29. The zero-order valence-electron chi connectivity index (χ0n) is 12.3. The average Bonchev–Trinajstić information content (AvgIpc) is 2.99. The molecule has 23 heavy (non-hydrogen) atoms. The number of nitrogens with one attached hydrogen (secondary N) is 2. The van der Waals surface area contributed by atoms with Crippen molar-refractivity contribution in [2.45, 2.75) is 12.5 Å². The number of nitrogens with zero attached hydrogens (tertiary/aromatic N) is 2. The van der Waals surface area contributed by atoms with E-state index in [-0.39, 0.29) is 12.6 Å². The van der Waals surface area contributed by atoms with Crippen molar-refractivity contribution in [3.05, 3.63) is 58.9 Å². The maximum atomic E-state index is 9.65. The lowest BCUT2D eigenvalue weighted by atomic mass is 10.1. The Morgan fingerprint density at radius 2 is 2.22 bits per heavy atom. The van der Waals surface area contributed by atoms with Gasteiger partial charge in [0.15, 0.2) is 0 Å². The fourth-order valence-corrected chi connectivity index (χ4v) is 2.75. The number of para-hydroxylation sites is 1. The number of aliphatic hydroxyl groups is 1. The van der Waals surface area contributed by atoms with Gasteiger partial charge in [0.2, 0.25) is 0 Å². The SMILES string of the molecule is N#Cc1cnc(NC(CO)Cc2c[nH]c3ccccc23)c(Cl)c1. The van der Waals surface area contributed by atoms with Crippen molar-refractivity contribution in [1.29, 1.82) is 5.26 Å². The minimum absolute atomic E-state index is 0.0580. The molecule has 5 nitrogen and oxygen atoms in total. The summed E-state index contributed by atoms with van der Waals surface area (Å²) in [6.45, 7) is -0.0580. The monoisotopic (exact) mass is 326 g/mol. The molecular formula is C17H15ClN4O. The van der Waals surface area contributed by atoms with Crippen LogP contribution in [0.2, 0.25) is 5.02 Å². The number of anilines is 1. The predicted molar refractivity (Wildman–Crippen MR) is 90.5 cm³/mol. The number of hydrogen-bond donors (Lipinski definition) is 3. The lowest BCUT2D eigenvalue weighted by Crippen LogP contribution is -2.27. The first-order chi connectivity index (χ1) is 11.2. The van der Waals surface area contributed by atoms with Crippen LogP contribution >= 0.6 is 11.6 Å². The maximum Gasteiger partial charge on any atom is 0.145 e. The first kappa shape index (κ1) is 15.3. The number of pyridine rings is 1. The molecule has 0 aliphatic rings. The van der Waals surface area contributed by atoms with Crippen molar-refractivity contribution >= 4 is 28.3 Å². The number of hydrogen-bond acceptors (Lipinski definition) is 4. The summed E-state index contributed by atoms with van der Waals surface area (Å²) in [5.74, 6) is 0.463. The number of H-pyrrole nitrogens is 1. The highest BCUT2D eigenvalue weighted by Gasteiger charge is 2.14. The van der Waals surface area contributed by atoms with E-state index in [1.807, 2.05) is 36.5 Å². The van der Waals surface area contributed by atoms with Gasteiger partial charge in [0.1, 0.15) is 11.9 Å². The summed E-state index contributed by atoms with van der Waals surface area (Å²) in [5.41, 5.74) is 2.57. The van der Waals surface area contributed by atoms with Gasteiger partial charge in [-0.1, -0.05) is 29.8 Å². The predicted octanol–water partition coefficient (Wildman–Crippen LogP) is 3.10. The molecular weight excluding hydrogens is 312 g/mol. The number of fused-ring (bicyclic) bond motifs is 1. The maximum absolute atomic E-state index is 9.65. The molecule has 0 aliphatic heterocycles. The van der Waals surface area contributed by atoms with Gasteiger partial charge in [0, 0.05) is 23.3 Å². The van der Waals surface area contributed by atoms with Crippen molar-refractivity contribution in [1.82, 2.24) is 9.97 Å². The van der Waals surface area contributed by atoms with E-state index in [0.717, 1.165) is 16.5 Å². The average molecular weight is 327 g/mol. The molecule has 2 aromatic heterocycles. The molecule has 0 spiro atoms. The number of halogens is 1. The van der Waals surface area contributed by atoms with E-state index in [2.05, 4.69) is 15.3 Å². The Morgan fingerprint density at radius 3 is 2.96 bits per heavy atom. The Bertz CT molecular complexity index is 868. The molecule has 0 radical (unpaired) electrons. The summed E-state index contributed by atoms with van der Waals surface area (Å²) in [5, 5.41) is 23.1. The molecule has 3 N–H and O–H groups in total.